The SMILES string of the molecule is O=C1c2ccccc2S(=O)(=O)c2c1ccc(Cl)c2Cl.O=C1c2ccccc2S(=O)(=O)c2c1ccc(SC1=CC=CCC1)c2Cl.Sc1ccccc1. The van der Waals surface area contributed by atoms with Crippen LogP contribution in [0.5, 0.6) is 0 Å². The summed E-state index contributed by atoms with van der Waals surface area (Å²) < 4.78 is 51.1. The molecule has 0 bridgehead atoms. The van der Waals surface area contributed by atoms with Gasteiger partial charge >= 0.3 is 0 Å². The lowest BCUT2D eigenvalue weighted by molar-refractivity contribution is 0.102. The third kappa shape index (κ3) is 7.24. The van der Waals surface area contributed by atoms with Crippen LogP contribution in [0.15, 0.2) is 156 Å². The van der Waals surface area contributed by atoms with E-state index in [9.17, 15) is 26.4 Å². The van der Waals surface area contributed by atoms with Gasteiger partial charge in [0.1, 0.15) is 9.79 Å². The minimum atomic E-state index is -3.83. The predicted molar refractivity (Wildman–Crippen MR) is 205 cm³/mol. The molecule has 2 heterocycles. The van der Waals surface area contributed by atoms with Gasteiger partial charge in [0.05, 0.1) is 24.9 Å². The molecule has 2 aliphatic heterocycles. The van der Waals surface area contributed by atoms with Crippen molar-refractivity contribution in [1.29, 1.82) is 0 Å². The Hall–Kier alpha value is -3.61. The summed E-state index contributed by atoms with van der Waals surface area (Å²) in [6.07, 6.45) is 7.90. The number of hydrogen-bond acceptors (Lipinski definition) is 8. The minimum Gasteiger partial charge on any atom is -0.289 e. The molecular weight excluding hydrogens is 787 g/mol. The lowest BCUT2D eigenvalue weighted by Gasteiger charge is -2.21. The molecule has 0 unspecified atom stereocenters. The van der Waals surface area contributed by atoms with Gasteiger partial charge in [-0.1, -0.05) is 107 Å². The van der Waals surface area contributed by atoms with Crippen molar-refractivity contribution in [2.75, 3.05) is 0 Å². The molecule has 13 heteroatoms. The Balaban J connectivity index is 0.000000151. The second kappa shape index (κ2) is 15.2. The van der Waals surface area contributed by atoms with Gasteiger partial charge in [0.15, 0.2) is 11.6 Å². The fourth-order valence-electron chi connectivity index (χ4n) is 5.55. The molecule has 0 amide bonds. The maximum absolute atomic E-state index is 13.0. The van der Waals surface area contributed by atoms with Crippen LogP contribution >= 0.6 is 59.2 Å². The van der Waals surface area contributed by atoms with E-state index in [1.54, 1.807) is 36.4 Å². The number of ketones is 2. The van der Waals surface area contributed by atoms with E-state index in [-0.39, 0.29) is 68.5 Å². The number of thiol groups is 1. The van der Waals surface area contributed by atoms with E-state index < -0.39 is 19.7 Å². The van der Waals surface area contributed by atoms with Crippen molar-refractivity contribution in [3.8, 4) is 0 Å². The summed E-state index contributed by atoms with van der Waals surface area (Å²) in [7, 11) is -7.65. The Morgan fingerprint density at radius 1 is 0.588 bits per heavy atom. The molecule has 258 valence electrons. The third-order valence-corrected chi connectivity index (χ3v) is 14.7. The molecular formula is C38H25Cl3O6S4. The smallest absolute Gasteiger partial charge is 0.209 e. The largest absolute Gasteiger partial charge is 0.289 e. The van der Waals surface area contributed by atoms with Crippen molar-refractivity contribution in [2.45, 2.75) is 42.2 Å². The molecule has 6 nitrogen and oxygen atoms in total. The fourth-order valence-corrected chi connectivity index (χ4v) is 11.5. The van der Waals surface area contributed by atoms with Crippen molar-refractivity contribution < 1.29 is 26.4 Å². The summed E-state index contributed by atoms with van der Waals surface area (Å²) in [6, 6.07) is 28.2. The number of thioether (sulfide) groups is 1. The van der Waals surface area contributed by atoms with Gasteiger partial charge in [-0.2, -0.15) is 0 Å². The van der Waals surface area contributed by atoms with Crippen LogP contribution in [0.3, 0.4) is 0 Å². The average Bonchev–Trinajstić information content (AvgIpc) is 3.13. The first-order valence-corrected chi connectivity index (χ1v) is 20.6. The minimum absolute atomic E-state index is 0.0244. The number of fused-ring (bicyclic) bond motifs is 4. The average molecular weight is 812 g/mol. The predicted octanol–water partition coefficient (Wildman–Crippen LogP) is 10.4. The summed E-state index contributed by atoms with van der Waals surface area (Å²) in [5.41, 5.74) is 0.568. The van der Waals surface area contributed by atoms with Gasteiger partial charge < -0.3 is 0 Å². The van der Waals surface area contributed by atoms with Crippen LogP contribution in [0.4, 0.5) is 0 Å². The molecule has 3 aliphatic rings. The first-order chi connectivity index (χ1) is 24.3. The van der Waals surface area contributed by atoms with Crippen molar-refractivity contribution in [2.24, 2.45) is 0 Å². The summed E-state index contributed by atoms with van der Waals surface area (Å²) in [4.78, 5) is 27.5. The maximum Gasteiger partial charge on any atom is 0.209 e. The zero-order valence-corrected chi connectivity index (χ0v) is 31.8. The van der Waals surface area contributed by atoms with Gasteiger partial charge in [-0.3, -0.25) is 9.59 Å². The molecule has 8 rings (SSSR count). The van der Waals surface area contributed by atoms with Crippen molar-refractivity contribution in [1.82, 2.24) is 0 Å². The van der Waals surface area contributed by atoms with Gasteiger partial charge in [0, 0.05) is 32.0 Å². The van der Waals surface area contributed by atoms with Crippen molar-refractivity contribution >= 4 is 90.4 Å². The summed E-state index contributed by atoms with van der Waals surface area (Å²) >= 11 is 23.8. The van der Waals surface area contributed by atoms with Gasteiger partial charge in [0.2, 0.25) is 19.7 Å². The highest BCUT2D eigenvalue weighted by Crippen LogP contribution is 2.45. The Morgan fingerprint density at radius 2 is 1.10 bits per heavy atom. The van der Waals surface area contributed by atoms with Gasteiger partial charge in [-0.25, -0.2) is 16.8 Å². The second-order valence-electron chi connectivity index (χ2n) is 11.2. The number of carbonyl (C=O) groups excluding carboxylic acids is 2. The standard InChI is InChI=1S/C19H13ClO3S2.C13H6Cl2O3S.C6H6S/c20-17-15(24-12-6-2-1-3-7-12)11-10-14-18(21)13-8-4-5-9-16(13)25(22,23)19(14)17;14-9-6-5-8-12(16)7-3-1-2-4-10(7)19(17,18)13(8)11(9)15;7-6-4-2-1-3-5-6/h1-2,4-6,8-11H,3,7H2;1-6H;1-5,7H. The first kappa shape index (κ1) is 37.2. The van der Waals surface area contributed by atoms with E-state index in [0.29, 0.717) is 4.90 Å². The molecule has 5 aromatic rings. The quantitative estimate of drug-likeness (QED) is 0.173. The molecule has 0 spiro atoms. The van der Waals surface area contributed by atoms with Crippen LogP contribution in [0.2, 0.25) is 15.1 Å². The summed E-state index contributed by atoms with van der Waals surface area (Å²) in [5.74, 6) is -0.669. The summed E-state index contributed by atoms with van der Waals surface area (Å²) in [5, 5.41) is 0.124. The lowest BCUT2D eigenvalue weighted by Crippen LogP contribution is -2.20. The molecule has 0 aromatic heterocycles. The first-order valence-electron chi connectivity index (χ1n) is 15.2. The molecule has 0 saturated carbocycles. The van der Waals surface area contributed by atoms with Gasteiger partial charge in [0.25, 0.3) is 0 Å². The maximum atomic E-state index is 13.0. The van der Waals surface area contributed by atoms with Crippen LogP contribution in [0, 0.1) is 0 Å². The third-order valence-electron chi connectivity index (χ3n) is 7.95. The molecule has 0 N–H and O–H groups in total. The van der Waals surface area contributed by atoms with E-state index in [1.807, 2.05) is 42.5 Å². The molecule has 0 fully saturated rings. The van der Waals surface area contributed by atoms with Crippen LogP contribution in [0.25, 0.3) is 0 Å². The highest BCUT2D eigenvalue weighted by Gasteiger charge is 2.38. The van der Waals surface area contributed by atoms with Gasteiger partial charge in [-0.05, 0) is 78.4 Å². The molecule has 5 aromatic carbocycles. The van der Waals surface area contributed by atoms with E-state index >= 15 is 0 Å². The monoisotopic (exact) mass is 810 g/mol. The zero-order chi connectivity index (χ0) is 36.5. The highest BCUT2D eigenvalue weighted by atomic mass is 35.5. The number of hydrogen-bond donors (Lipinski definition) is 1. The number of allylic oxidation sites excluding steroid dienone is 4. The van der Waals surface area contributed by atoms with E-state index in [0.717, 1.165) is 22.6 Å². The number of sulfone groups is 2. The highest BCUT2D eigenvalue weighted by molar-refractivity contribution is 8.03. The lowest BCUT2D eigenvalue weighted by atomic mass is 10.0. The Labute approximate surface area is 320 Å². The number of rotatable bonds is 2. The molecule has 1 aliphatic carbocycles. The Kier molecular flexibility index (Phi) is 11.0. The van der Waals surface area contributed by atoms with E-state index in [4.69, 9.17) is 34.8 Å². The number of carbonyl (C=O) groups is 2. The Bertz CT molecular complexity index is 2510. The van der Waals surface area contributed by atoms with E-state index in [2.05, 4.69) is 18.7 Å². The van der Waals surface area contributed by atoms with Crippen LogP contribution < -0.4 is 0 Å². The number of halogens is 3. The summed E-state index contributed by atoms with van der Waals surface area (Å²) in [6.45, 7) is 0. The Morgan fingerprint density at radius 3 is 1.61 bits per heavy atom. The normalized spacial score (nSPS) is 15.7. The van der Waals surface area contributed by atoms with Crippen LogP contribution in [-0.4, -0.2) is 28.4 Å². The fraction of sp³-hybridized carbons (Fsp3) is 0.0526. The van der Waals surface area contributed by atoms with Crippen LogP contribution in [0.1, 0.15) is 44.7 Å². The molecule has 0 saturated heterocycles. The molecule has 0 atom stereocenters. The second-order valence-corrected chi connectivity index (χ2v) is 17.7. The van der Waals surface area contributed by atoms with Gasteiger partial charge in [-0.15, -0.1) is 12.6 Å². The zero-order valence-electron chi connectivity index (χ0n) is 26.2. The number of benzene rings is 5. The van der Waals surface area contributed by atoms with Crippen molar-refractivity contribution in [3.05, 3.63) is 164 Å². The van der Waals surface area contributed by atoms with E-state index in [1.165, 1.54) is 48.2 Å². The van der Waals surface area contributed by atoms with Crippen molar-refractivity contribution in [3.63, 3.8) is 0 Å². The molecule has 0 radical (unpaired) electrons. The molecule has 51 heavy (non-hydrogen) atoms. The topological polar surface area (TPSA) is 102 Å². The van der Waals surface area contributed by atoms with Crippen LogP contribution in [-0.2, 0) is 19.7 Å².